The van der Waals surface area contributed by atoms with Gasteiger partial charge in [-0.2, -0.15) is 0 Å². The number of hydrogen-bond donors (Lipinski definition) is 2. The standard InChI is InChI=1S/C16H23N5S/c1-12-6-5-7-13(8-12)9-18-15(17-2)19-10-14-11-22-16(20-14)21(3)4/h5-8,11H,9-10H2,1-4H3,(H2,17,18,19). The van der Waals surface area contributed by atoms with Crippen LogP contribution in [-0.4, -0.2) is 32.1 Å². The van der Waals surface area contributed by atoms with Crippen LogP contribution in [0.5, 0.6) is 0 Å². The molecule has 0 unspecified atom stereocenters. The molecule has 2 aromatic rings. The second kappa shape index (κ2) is 7.79. The summed E-state index contributed by atoms with van der Waals surface area (Å²) in [7, 11) is 5.77. The van der Waals surface area contributed by atoms with Gasteiger partial charge in [-0.15, -0.1) is 11.3 Å². The number of guanidine groups is 1. The van der Waals surface area contributed by atoms with E-state index >= 15 is 0 Å². The Morgan fingerprint density at radius 3 is 2.68 bits per heavy atom. The van der Waals surface area contributed by atoms with Gasteiger partial charge in [0.2, 0.25) is 0 Å². The van der Waals surface area contributed by atoms with Crippen LogP contribution in [0.4, 0.5) is 5.13 Å². The second-order valence-electron chi connectivity index (χ2n) is 5.28. The molecule has 0 bridgehead atoms. The molecule has 5 nitrogen and oxygen atoms in total. The van der Waals surface area contributed by atoms with Gasteiger partial charge in [-0.3, -0.25) is 4.99 Å². The molecule has 0 radical (unpaired) electrons. The maximum atomic E-state index is 4.55. The molecule has 22 heavy (non-hydrogen) atoms. The Kier molecular flexibility index (Phi) is 5.77. The molecule has 2 N–H and O–H groups in total. The number of rotatable bonds is 5. The van der Waals surface area contributed by atoms with Crippen LogP contribution in [-0.2, 0) is 13.1 Å². The SMILES string of the molecule is CN=C(NCc1cccc(C)c1)NCc1csc(N(C)C)n1. The van der Waals surface area contributed by atoms with Crippen molar-refractivity contribution in [3.8, 4) is 0 Å². The monoisotopic (exact) mass is 317 g/mol. The Labute approximate surface area is 136 Å². The van der Waals surface area contributed by atoms with Crippen LogP contribution in [0.25, 0.3) is 0 Å². The van der Waals surface area contributed by atoms with Crippen LogP contribution >= 0.6 is 11.3 Å². The fourth-order valence-corrected chi connectivity index (χ4v) is 2.74. The lowest BCUT2D eigenvalue weighted by atomic mass is 10.1. The molecule has 1 aromatic carbocycles. The highest BCUT2D eigenvalue weighted by Gasteiger charge is 2.04. The zero-order valence-electron chi connectivity index (χ0n) is 13.6. The summed E-state index contributed by atoms with van der Waals surface area (Å²) in [6, 6.07) is 8.45. The number of thiazole rings is 1. The third kappa shape index (κ3) is 4.73. The van der Waals surface area contributed by atoms with Gasteiger partial charge in [-0.05, 0) is 12.5 Å². The molecule has 0 aliphatic rings. The number of benzene rings is 1. The first-order valence-electron chi connectivity index (χ1n) is 7.20. The van der Waals surface area contributed by atoms with E-state index in [1.54, 1.807) is 18.4 Å². The number of nitrogens with zero attached hydrogens (tertiary/aromatic N) is 3. The normalized spacial score (nSPS) is 11.4. The van der Waals surface area contributed by atoms with Crippen molar-refractivity contribution in [2.75, 3.05) is 26.0 Å². The van der Waals surface area contributed by atoms with Crippen LogP contribution in [0.15, 0.2) is 34.6 Å². The Morgan fingerprint density at radius 2 is 2.05 bits per heavy atom. The van der Waals surface area contributed by atoms with Crippen LogP contribution < -0.4 is 15.5 Å². The van der Waals surface area contributed by atoms with Crippen molar-refractivity contribution in [2.45, 2.75) is 20.0 Å². The van der Waals surface area contributed by atoms with E-state index < -0.39 is 0 Å². The first kappa shape index (κ1) is 16.3. The zero-order valence-corrected chi connectivity index (χ0v) is 14.4. The molecule has 2 rings (SSSR count). The highest BCUT2D eigenvalue weighted by atomic mass is 32.1. The van der Waals surface area contributed by atoms with Gasteiger partial charge in [0.15, 0.2) is 11.1 Å². The molecule has 0 aliphatic carbocycles. The van der Waals surface area contributed by atoms with E-state index in [0.717, 1.165) is 23.3 Å². The summed E-state index contributed by atoms with van der Waals surface area (Å²) < 4.78 is 0. The summed E-state index contributed by atoms with van der Waals surface area (Å²) in [5, 5.41) is 9.68. The summed E-state index contributed by atoms with van der Waals surface area (Å²) in [5.41, 5.74) is 3.53. The lowest BCUT2D eigenvalue weighted by Crippen LogP contribution is -2.36. The number of aliphatic imine (C=N–C) groups is 1. The second-order valence-corrected chi connectivity index (χ2v) is 6.12. The Balaban J connectivity index is 1.84. The molecule has 6 heteroatoms. The van der Waals surface area contributed by atoms with Crippen molar-refractivity contribution in [1.29, 1.82) is 0 Å². The molecule has 0 spiro atoms. The molecule has 0 aliphatic heterocycles. The minimum atomic E-state index is 0.665. The lowest BCUT2D eigenvalue weighted by Gasteiger charge is -2.11. The van der Waals surface area contributed by atoms with Crippen LogP contribution in [0.3, 0.4) is 0 Å². The van der Waals surface area contributed by atoms with Gasteiger partial charge in [-0.1, -0.05) is 29.8 Å². The maximum Gasteiger partial charge on any atom is 0.191 e. The van der Waals surface area contributed by atoms with Gasteiger partial charge < -0.3 is 15.5 Å². The molecule has 0 atom stereocenters. The molecule has 1 heterocycles. The number of hydrogen-bond acceptors (Lipinski definition) is 4. The minimum absolute atomic E-state index is 0.665. The summed E-state index contributed by atoms with van der Waals surface area (Å²) in [6.07, 6.45) is 0. The maximum absolute atomic E-state index is 4.55. The smallest absolute Gasteiger partial charge is 0.191 e. The van der Waals surface area contributed by atoms with Crippen molar-refractivity contribution in [3.05, 3.63) is 46.5 Å². The van der Waals surface area contributed by atoms with E-state index in [1.165, 1.54) is 11.1 Å². The Bertz CT molecular complexity index is 633. The largest absolute Gasteiger partial charge is 0.354 e. The van der Waals surface area contributed by atoms with Gasteiger partial charge in [0.05, 0.1) is 12.2 Å². The van der Waals surface area contributed by atoms with Crippen LogP contribution in [0.1, 0.15) is 16.8 Å². The fraction of sp³-hybridized carbons (Fsp3) is 0.375. The average Bonchev–Trinajstić information content (AvgIpc) is 2.97. The predicted molar refractivity (Wildman–Crippen MR) is 94.7 cm³/mol. The minimum Gasteiger partial charge on any atom is -0.354 e. The fourth-order valence-electron chi connectivity index (χ4n) is 1.99. The van der Waals surface area contributed by atoms with Gasteiger partial charge in [-0.25, -0.2) is 4.98 Å². The summed E-state index contributed by atoms with van der Waals surface area (Å²) in [5.74, 6) is 0.779. The van der Waals surface area contributed by atoms with Crippen LogP contribution in [0.2, 0.25) is 0 Å². The van der Waals surface area contributed by atoms with Gasteiger partial charge >= 0.3 is 0 Å². The number of nitrogens with one attached hydrogen (secondary N) is 2. The molecular weight excluding hydrogens is 294 g/mol. The number of aromatic nitrogens is 1. The molecule has 0 saturated carbocycles. The molecule has 1 aromatic heterocycles. The molecule has 0 fully saturated rings. The quantitative estimate of drug-likeness (QED) is 0.657. The highest BCUT2D eigenvalue weighted by molar-refractivity contribution is 7.13. The topological polar surface area (TPSA) is 52.6 Å². The van der Waals surface area contributed by atoms with Crippen molar-refractivity contribution in [1.82, 2.24) is 15.6 Å². The predicted octanol–water partition coefficient (Wildman–Crippen LogP) is 2.38. The summed E-state index contributed by atoms with van der Waals surface area (Å²) >= 11 is 1.64. The average molecular weight is 317 g/mol. The van der Waals surface area contributed by atoms with Gasteiger partial charge in [0.25, 0.3) is 0 Å². The molecular formula is C16H23N5S. The van der Waals surface area contributed by atoms with Crippen LogP contribution in [0, 0.1) is 6.92 Å². The first-order valence-corrected chi connectivity index (χ1v) is 8.08. The van der Waals surface area contributed by atoms with Gasteiger partial charge in [0.1, 0.15) is 0 Å². The molecule has 0 amide bonds. The van der Waals surface area contributed by atoms with Crippen molar-refractivity contribution in [2.24, 2.45) is 4.99 Å². The van der Waals surface area contributed by atoms with Crippen molar-refractivity contribution < 1.29 is 0 Å². The van der Waals surface area contributed by atoms with Crippen molar-refractivity contribution in [3.63, 3.8) is 0 Å². The van der Waals surface area contributed by atoms with Gasteiger partial charge in [0, 0.05) is 33.1 Å². The number of aryl methyl sites for hydroxylation is 1. The molecule has 0 saturated heterocycles. The third-order valence-corrected chi connectivity index (χ3v) is 4.18. The van der Waals surface area contributed by atoms with E-state index in [2.05, 4.69) is 57.2 Å². The summed E-state index contributed by atoms with van der Waals surface area (Å²) in [6.45, 7) is 3.51. The van der Waals surface area contributed by atoms with E-state index in [0.29, 0.717) is 6.54 Å². The zero-order chi connectivity index (χ0) is 15.9. The summed E-state index contributed by atoms with van der Waals surface area (Å²) in [4.78, 5) is 10.8. The third-order valence-electron chi connectivity index (χ3n) is 3.13. The van der Waals surface area contributed by atoms with E-state index in [-0.39, 0.29) is 0 Å². The van der Waals surface area contributed by atoms with E-state index in [1.807, 2.05) is 19.0 Å². The van der Waals surface area contributed by atoms with E-state index in [9.17, 15) is 0 Å². The highest BCUT2D eigenvalue weighted by Crippen LogP contribution is 2.17. The van der Waals surface area contributed by atoms with E-state index in [4.69, 9.17) is 0 Å². The Morgan fingerprint density at radius 1 is 1.27 bits per heavy atom. The molecule has 118 valence electrons. The van der Waals surface area contributed by atoms with Crippen molar-refractivity contribution >= 4 is 22.4 Å². The first-order chi connectivity index (χ1) is 10.6. The number of anilines is 1. The lowest BCUT2D eigenvalue weighted by molar-refractivity contribution is 0.797. The Hall–Kier alpha value is -2.08.